The molecule has 1 amide bonds. The average Bonchev–Trinajstić information content (AvgIpc) is 2.46. The lowest BCUT2D eigenvalue weighted by molar-refractivity contribution is -0.384. The Bertz CT molecular complexity index is 553. The predicted molar refractivity (Wildman–Crippen MR) is 80.2 cm³/mol. The van der Waals surface area contributed by atoms with Gasteiger partial charge in [0.25, 0.3) is 5.69 Å². The average molecular weight is 292 g/mol. The van der Waals surface area contributed by atoms with Crippen molar-refractivity contribution in [1.29, 1.82) is 0 Å². The summed E-state index contributed by atoms with van der Waals surface area (Å²) in [5, 5.41) is 11.2. The Labute approximate surface area is 123 Å². The van der Waals surface area contributed by atoms with Crippen LogP contribution in [0.2, 0.25) is 0 Å². The molecule has 1 aromatic carbocycles. The second-order valence-corrected chi connectivity index (χ2v) is 5.50. The number of carbonyl (C=O) groups is 1. The third-order valence-corrected chi connectivity index (χ3v) is 4.13. The summed E-state index contributed by atoms with van der Waals surface area (Å²) in [4.78, 5) is 23.8. The number of benzene rings is 1. The molecule has 1 aliphatic rings. The molecule has 0 atom stereocenters. The molecule has 1 aliphatic carbocycles. The van der Waals surface area contributed by atoms with E-state index in [1.165, 1.54) is 12.1 Å². The second kappa shape index (κ2) is 6.09. The van der Waals surface area contributed by atoms with Gasteiger partial charge in [0, 0.05) is 30.8 Å². The minimum absolute atomic E-state index is 0.0938. The van der Waals surface area contributed by atoms with E-state index in [0.717, 1.165) is 25.7 Å². The third kappa shape index (κ3) is 3.30. The highest BCUT2D eigenvalue weighted by atomic mass is 16.6. The van der Waals surface area contributed by atoms with Crippen molar-refractivity contribution < 1.29 is 9.72 Å². The zero-order chi connectivity index (χ0) is 15.6. The van der Waals surface area contributed by atoms with Gasteiger partial charge in [0.05, 0.1) is 4.92 Å². The SMILES string of the molecule is CN(c1ccc(C(N)=O)cc1[N+](=O)[O-])C1CCC(N)CC1. The van der Waals surface area contributed by atoms with Gasteiger partial charge in [-0.2, -0.15) is 0 Å². The molecule has 2 rings (SSSR count). The first-order valence-electron chi connectivity index (χ1n) is 6.96. The summed E-state index contributed by atoms with van der Waals surface area (Å²) in [5.41, 5.74) is 11.6. The Balaban J connectivity index is 2.29. The maximum Gasteiger partial charge on any atom is 0.293 e. The monoisotopic (exact) mass is 292 g/mol. The number of primary amides is 1. The summed E-state index contributed by atoms with van der Waals surface area (Å²) in [6.45, 7) is 0. The first kappa shape index (κ1) is 15.2. The van der Waals surface area contributed by atoms with E-state index in [1.807, 2.05) is 11.9 Å². The van der Waals surface area contributed by atoms with Gasteiger partial charge in [0.2, 0.25) is 5.91 Å². The summed E-state index contributed by atoms with van der Waals surface area (Å²) in [6.07, 6.45) is 3.66. The van der Waals surface area contributed by atoms with Crippen LogP contribution in [-0.2, 0) is 0 Å². The molecular formula is C14H20N4O3. The van der Waals surface area contributed by atoms with E-state index < -0.39 is 10.8 Å². The van der Waals surface area contributed by atoms with Crippen molar-refractivity contribution >= 4 is 17.3 Å². The van der Waals surface area contributed by atoms with Crippen LogP contribution >= 0.6 is 0 Å². The molecule has 0 bridgehead atoms. The van der Waals surface area contributed by atoms with Crippen molar-refractivity contribution in [1.82, 2.24) is 0 Å². The summed E-state index contributed by atoms with van der Waals surface area (Å²) < 4.78 is 0. The fourth-order valence-electron chi connectivity index (χ4n) is 2.81. The van der Waals surface area contributed by atoms with Crippen LogP contribution in [0.25, 0.3) is 0 Å². The summed E-state index contributed by atoms with van der Waals surface area (Å²) in [5.74, 6) is -0.670. The van der Waals surface area contributed by atoms with Gasteiger partial charge < -0.3 is 16.4 Å². The van der Waals surface area contributed by atoms with Crippen LogP contribution in [0, 0.1) is 10.1 Å². The van der Waals surface area contributed by atoms with Crippen LogP contribution in [0.15, 0.2) is 18.2 Å². The largest absolute Gasteiger partial charge is 0.366 e. The van der Waals surface area contributed by atoms with Gasteiger partial charge in [0.1, 0.15) is 5.69 Å². The van der Waals surface area contributed by atoms with Crippen molar-refractivity contribution in [2.24, 2.45) is 11.5 Å². The highest BCUT2D eigenvalue weighted by Crippen LogP contribution is 2.33. The van der Waals surface area contributed by atoms with E-state index in [4.69, 9.17) is 11.5 Å². The zero-order valence-electron chi connectivity index (χ0n) is 12.0. The van der Waals surface area contributed by atoms with Gasteiger partial charge in [0.15, 0.2) is 0 Å². The van der Waals surface area contributed by atoms with Crippen molar-refractivity contribution in [3.05, 3.63) is 33.9 Å². The second-order valence-electron chi connectivity index (χ2n) is 5.50. The predicted octanol–water partition coefficient (Wildman–Crippen LogP) is 1.40. The maximum atomic E-state index is 11.2. The number of anilines is 1. The molecule has 0 aliphatic heterocycles. The molecule has 1 saturated carbocycles. The minimum Gasteiger partial charge on any atom is -0.366 e. The van der Waals surface area contributed by atoms with Gasteiger partial charge in [-0.15, -0.1) is 0 Å². The number of rotatable bonds is 4. The lowest BCUT2D eigenvalue weighted by Crippen LogP contribution is -2.39. The number of hydrogen-bond donors (Lipinski definition) is 2. The number of nitrogens with zero attached hydrogens (tertiary/aromatic N) is 2. The fourth-order valence-corrected chi connectivity index (χ4v) is 2.81. The molecule has 21 heavy (non-hydrogen) atoms. The molecule has 7 heteroatoms. The topological polar surface area (TPSA) is 115 Å². The Morgan fingerprint density at radius 3 is 2.48 bits per heavy atom. The molecule has 0 unspecified atom stereocenters. The number of nitrogens with two attached hydrogens (primary N) is 2. The van der Waals surface area contributed by atoms with Crippen LogP contribution in [0.5, 0.6) is 0 Å². The molecule has 1 aromatic rings. The first-order valence-corrected chi connectivity index (χ1v) is 6.96. The van der Waals surface area contributed by atoms with Crippen LogP contribution in [0.4, 0.5) is 11.4 Å². The van der Waals surface area contributed by atoms with Crippen molar-refractivity contribution in [2.45, 2.75) is 37.8 Å². The van der Waals surface area contributed by atoms with Crippen molar-refractivity contribution in [3.8, 4) is 0 Å². The summed E-state index contributed by atoms with van der Waals surface area (Å²) in [6, 6.07) is 4.80. The lowest BCUT2D eigenvalue weighted by atomic mass is 9.90. The fraction of sp³-hybridized carbons (Fsp3) is 0.500. The molecule has 114 valence electrons. The molecule has 0 radical (unpaired) electrons. The smallest absolute Gasteiger partial charge is 0.293 e. The number of amides is 1. The summed E-state index contributed by atoms with van der Waals surface area (Å²) >= 11 is 0. The van der Waals surface area contributed by atoms with E-state index in [-0.39, 0.29) is 23.3 Å². The minimum atomic E-state index is -0.670. The molecule has 7 nitrogen and oxygen atoms in total. The van der Waals surface area contributed by atoms with Gasteiger partial charge in [-0.25, -0.2) is 0 Å². The Kier molecular flexibility index (Phi) is 4.42. The van der Waals surface area contributed by atoms with Crippen LogP contribution < -0.4 is 16.4 Å². The van der Waals surface area contributed by atoms with Gasteiger partial charge in [-0.3, -0.25) is 14.9 Å². The quantitative estimate of drug-likeness (QED) is 0.642. The molecule has 0 heterocycles. The van der Waals surface area contributed by atoms with Crippen molar-refractivity contribution in [2.75, 3.05) is 11.9 Å². The number of nitro groups is 1. The molecule has 0 aromatic heterocycles. The van der Waals surface area contributed by atoms with E-state index >= 15 is 0 Å². The van der Waals surface area contributed by atoms with Gasteiger partial charge in [-0.1, -0.05) is 0 Å². The van der Waals surface area contributed by atoms with Crippen molar-refractivity contribution in [3.63, 3.8) is 0 Å². The first-order chi connectivity index (χ1) is 9.90. The van der Waals surface area contributed by atoms with Crippen LogP contribution in [-0.4, -0.2) is 30.0 Å². The normalized spacial score (nSPS) is 21.8. The Morgan fingerprint density at radius 2 is 1.95 bits per heavy atom. The number of carbonyl (C=O) groups excluding carboxylic acids is 1. The molecule has 4 N–H and O–H groups in total. The molecule has 1 fully saturated rings. The molecule has 0 spiro atoms. The van der Waals surface area contributed by atoms with E-state index in [0.29, 0.717) is 5.69 Å². The van der Waals surface area contributed by atoms with Gasteiger partial charge >= 0.3 is 0 Å². The number of nitro benzene ring substituents is 1. The third-order valence-electron chi connectivity index (χ3n) is 4.13. The van der Waals surface area contributed by atoms with E-state index in [9.17, 15) is 14.9 Å². The van der Waals surface area contributed by atoms with Crippen LogP contribution in [0.1, 0.15) is 36.0 Å². The van der Waals surface area contributed by atoms with Gasteiger partial charge in [-0.05, 0) is 37.8 Å². The summed E-state index contributed by atoms with van der Waals surface area (Å²) in [7, 11) is 1.84. The van der Waals surface area contributed by atoms with E-state index in [2.05, 4.69) is 0 Å². The Hall–Kier alpha value is -2.15. The molecular weight excluding hydrogens is 272 g/mol. The molecule has 0 saturated heterocycles. The maximum absolute atomic E-state index is 11.2. The lowest BCUT2D eigenvalue weighted by Gasteiger charge is -2.34. The number of hydrogen-bond acceptors (Lipinski definition) is 5. The standard InChI is InChI=1S/C14H20N4O3/c1-17(11-5-3-10(15)4-6-11)12-7-2-9(14(16)19)8-13(12)18(20)21/h2,7-8,10-11H,3-6,15H2,1H3,(H2,16,19). The Morgan fingerprint density at radius 1 is 1.33 bits per heavy atom. The van der Waals surface area contributed by atoms with Crippen LogP contribution in [0.3, 0.4) is 0 Å². The zero-order valence-corrected chi connectivity index (χ0v) is 12.0. The highest BCUT2D eigenvalue weighted by molar-refractivity contribution is 5.94. The highest BCUT2D eigenvalue weighted by Gasteiger charge is 2.27. The van der Waals surface area contributed by atoms with E-state index in [1.54, 1.807) is 6.07 Å².